The Bertz CT molecular complexity index is 667. The molecule has 2 aromatic carbocycles. The largest absolute Gasteiger partial charge is 0.295 e. The molecule has 0 aliphatic heterocycles. The maximum Gasteiger partial charge on any atom is 0.156 e. The van der Waals surface area contributed by atoms with Crippen molar-refractivity contribution >= 4 is 11.9 Å². The van der Waals surface area contributed by atoms with Gasteiger partial charge in [-0.3, -0.25) is 4.79 Å². The van der Waals surface area contributed by atoms with E-state index in [0.717, 1.165) is 12.0 Å². The van der Waals surface area contributed by atoms with Crippen molar-refractivity contribution in [3.63, 3.8) is 0 Å². The Morgan fingerprint density at radius 3 is 2.36 bits per heavy atom. The van der Waals surface area contributed by atoms with Crippen molar-refractivity contribution in [2.24, 2.45) is 0 Å². The molecule has 2 rings (SSSR count). The first kappa shape index (κ1) is 16.2. The minimum absolute atomic E-state index is 0.190. The van der Waals surface area contributed by atoms with E-state index in [-0.39, 0.29) is 5.78 Å². The van der Waals surface area contributed by atoms with Gasteiger partial charge in [0.1, 0.15) is 0 Å². The molecule has 0 saturated carbocycles. The van der Waals surface area contributed by atoms with Gasteiger partial charge in [0.2, 0.25) is 0 Å². The molecule has 0 aliphatic rings. The zero-order valence-corrected chi connectivity index (χ0v) is 13.7. The Hall–Kier alpha value is -2.15. The van der Waals surface area contributed by atoms with Crippen LogP contribution in [0.1, 0.15) is 47.9 Å². The number of allylic oxidation sites excluding steroid dienone is 1. The number of hydrogen-bond acceptors (Lipinski definition) is 1. The molecule has 0 aromatic heterocycles. The Morgan fingerprint density at radius 1 is 1.05 bits per heavy atom. The lowest BCUT2D eigenvalue weighted by molar-refractivity contribution is -0.114. The van der Waals surface area contributed by atoms with Crippen LogP contribution < -0.4 is 0 Å². The van der Waals surface area contributed by atoms with Crippen LogP contribution in [0.2, 0.25) is 0 Å². The molecule has 0 fully saturated rings. The molecule has 0 heterocycles. The van der Waals surface area contributed by atoms with Crippen molar-refractivity contribution < 1.29 is 4.79 Å². The summed E-state index contributed by atoms with van der Waals surface area (Å²) in [6.07, 6.45) is 5.18. The second kappa shape index (κ2) is 7.74. The van der Waals surface area contributed by atoms with Gasteiger partial charge in [-0.25, -0.2) is 0 Å². The second-order valence-electron chi connectivity index (χ2n) is 5.94. The monoisotopic (exact) mass is 292 g/mol. The van der Waals surface area contributed by atoms with Crippen molar-refractivity contribution in [3.8, 4) is 0 Å². The highest BCUT2D eigenvalue weighted by atomic mass is 16.1. The highest BCUT2D eigenvalue weighted by Crippen LogP contribution is 2.24. The zero-order valence-electron chi connectivity index (χ0n) is 13.7. The molecule has 0 N–H and O–H groups in total. The second-order valence-corrected chi connectivity index (χ2v) is 5.94. The van der Waals surface area contributed by atoms with Gasteiger partial charge < -0.3 is 0 Å². The Balaban J connectivity index is 2.03. The van der Waals surface area contributed by atoms with E-state index in [1.165, 1.54) is 16.7 Å². The Kier molecular flexibility index (Phi) is 5.71. The van der Waals surface area contributed by atoms with E-state index in [2.05, 4.69) is 57.2 Å². The van der Waals surface area contributed by atoms with Gasteiger partial charge in [-0.2, -0.15) is 0 Å². The fourth-order valence-electron chi connectivity index (χ4n) is 2.70. The average molecular weight is 292 g/mol. The summed E-state index contributed by atoms with van der Waals surface area (Å²) in [5.74, 6) is 0.490. The van der Waals surface area contributed by atoms with E-state index in [4.69, 9.17) is 0 Å². The minimum atomic E-state index is 0.190. The molecule has 0 saturated heterocycles. The topological polar surface area (TPSA) is 17.1 Å². The summed E-state index contributed by atoms with van der Waals surface area (Å²) in [7, 11) is 0. The van der Waals surface area contributed by atoms with Crippen LogP contribution in [0.3, 0.4) is 0 Å². The molecule has 2 aromatic rings. The lowest BCUT2D eigenvalue weighted by Crippen LogP contribution is -2.04. The highest BCUT2D eigenvalue weighted by molar-refractivity contribution is 5.94. The van der Waals surface area contributed by atoms with Crippen LogP contribution in [0.15, 0.2) is 54.6 Å². The number of benzene rings is 2. The summed E-state index contributed by atoms with van der Waals surface area (Å²) in [6.45, 7) is 6.30. The summed E-state index contributed by atoms with van der Waals surface area (Å²) >= 11 is 0. The average Bonchev–Trinajstić information content (AvgIpc) is 2.50. The summed E-state index contributed by atoms with van der Waals surface area (Å²) in [5.41, 5.74) is 4.80. The van der Waals surface area contributed by atoms with Crippen molar-refractivity contribution in [1.82, 2.24) is 0 Å². The van der Waals surface area contributed by atoms with Crippen LogP contribution in [-0.2, 0) is 4.79 Å². The third-order valence-corrected chi connectivity index (χ3v) is 3.96. The van der Waals surface area contributed by atoms with E-state index >= 15 is 0 Å². The number of carbonyl (C=O) groups excluding carboxylic acids is 1. The summed E-state index contributed by atoms with van der Waals surface area (Å²) in [4.78, 5) is 12.2. The molecule has 114 valence electrons. The van der Waals surface area contributed by atoms with Crippen molar-refractivity contribution in [2.75, 3.05) is 0 Å². The molecule has 0 unspecified atom stereocenters. The molecule has 1 heteroatoms. The van der Waals surface area contributed by atoms with Crippen LogP contribution in [0.5, 0.6) is 0 Å². The first-order chi connectivity index (χ1) is 10.6. The first-order valence-electron chi connectivity index (χ1n) is 7.92. The van der Waals surface area contributed by atoms with Gasteiger partial charge in [-0.05, 0) is 43.4 Å². The fraction of sp³-hybridized carbons (Fsp3) is 0.286. The van der Waals surface area contributed by atoms with Gasteiger partial charge in [0.05, 0.1) is 0 Å². The van der Waals surface area contributed by atoms with Crippen LogP contribution >= 0.6 is 0 Å². The number of aryl methyl sites for hydroxylation is 2. The van der Waals surface area contributed by atoms with E-state index in [1.807, 2.05) is 18.2 Å². The molecule has 1 nitrogen and oxygen atoms in total. The third kappa shape index (κ3) is 4.70. The van der Waals surface area contributed by atoms with Crippen LogP contribution in [0.25, 0.3) is 6.08 Å². The summed E-state index contributed by atoms with van der Waals surface area (Å²) in [6, 6.07) is 16.7. The SMILES string of the molecule is CC[C@@H](CC(=O)/C=C/c1cccc(C)c1)c1cccc(C)c1. The molecule has 1 atom stereocenters. The van der Waals surface area contributed by atoms with Crippen LogP contribution in [0.4, 0.5) is 0 Å². The summed E-state index contributed by atoms with van der Waals surface area (Å²) < 4.78 is 0. The Labute approximate surface area is 133 Å². The predicted molar refractivity (Wildman–Crippen MR) is 94.0 cm³/mol. The highest BCUT2D eigenvalue weighted by Gasteiger charge is 2.12. The van der Waals surface area contributed by atoms with Gasteiger partial charge >= 0.3 is 0 Å². The normalized spacial score (nSPS) is 12.5. The van der Waals surface area contributed by atoms with Gasteiger partial charge in [0.15, 0.2) is 5.78 Å². The van der Waals surface area contributed by atoms with E-state index in [0.29, 0.717) is 12.3 Å². The standard InChI is InChI=1S/C21H24O/c1-4-19(20-10-6-8-17(3)14-20)15-21(22)12-11-18-9-5-7-16(2)13-18/h5-14,19H,4,15H2,1-3H3/b12-11+/t19-/m0/s1. The van der Waals surface area contributed by atoms with Crippen molar-refractivity contribution in [2.45, 2.75) is 39.5 Å². The maximum atomic E-state index is 12.2. The molecule has 0 bridgehead atoms. The predicted octanol–water partition coefficient (Wildman–Crippen LogP) is 5.47. The third-order valence-electron chi connectivity index (χ3n) is 3.96. The molecular weight excluding hydrogens is 268 g/mol. The smallest absolute Gasteiger partial charge is 0.156 e. The first-order valence-corrected chi connectivity index (χ1v) is 7.92. The van der Waals surface area contributed by atoms with Crippen molar-refractivity contribution in [1.29, 1.82) is 0 Å². The number of carbonyl (C=O) groups is 1. The lowest BCUT2D eigenvalue weighted by Gasteiger charge is -2.14. The van der Waals surface area contributed by atoms with Gasteiger partial charge in [0.25, 0.3) is 0 Å². The van der Waals surface area contributed by atoms with E-state index in [1.54, 1.807) is 6.08 Å². The lowest BCUT2D eigenvalue weighted by atomic mass is 9.90. The molecule has 0 radical (unpaired) electrons. The molecule has 0 spiro atoms. The number of ketones is 1. The van der Waals surface area contributed by atoms with E-state index in [9.17, 15) is 4.79 Å². The van der Waals surface area contributed by atoms with Gasteiger partial charge in [-0.15, -0.1) is 0 Å². The van der Waals surface area contributed by atoms with Gasteiger partial charge in [0, 0.05) is 6.42 Å². The fourth-order valence-corrected chi connectivity index (χ4v) is 2.70. The van der Waals surface area contributed by atoms with Crippen LogP contribution in [-0.4, -0.2) is 5.78 Å². The van der Waals surface area contributed by atoms with Crippen LogP contribution in [0, 0.1) is 13.8 Å². The Morgan fingerprint density at radius 2 is 1.73 bits per heavy atom. The maximum absolute atomic E-state index is 12.2. The molecule has 22 heavy (non-hydrogen) atoms. The quantitative estimate of drug-likeness (QED) is 0.645. The van der Waals surface area contributed by atoms with Gasteiger partial charge in [-0.1, -0.05) is 72.7 Å². The molecule has 0 amide bonds. The van der Waals surface area contributed by atoms with Crippen molar-refractivity contribution in [3.05, 3.63) is 76.9 Å². The minimum Gasteiger partial charge on any atom is -0.295 e. The van der Waals surface area contributed by atoms with E-state index < -0.39 is 0 Å². The molecular formula is C21H24O. The molecule has 0 aliphatic carbocycles. The number of hydrogen-bond donors (Lipinski definition) is 0. The summed E-state index contributed by atoms with van der Waals surface area (Å²) in [5, 5.41) is 0. The zero-order chi connectivity index (χ0) is 15.9. The number of rotatable bonds is 6.